The molecule has 2 heteroatoms. The van der Waals surface area contributed by atoms with Crippen molar-refractivity contribution in [2.75, 3.05) is 6.26 Å². The van der Waals surface area contributed by atoms with Crippen LogP contribution in [0, 0.1) is 0 Å². The molecular formula is C11H13NS. The Balaban J connectivity index is 2.67. The van der Waals surface area contributed by atoms with Crippen LogP contribution < -0.4 is 0 Å². The molecule has 0 amide bonds. The van der Waals surface area contributed by atoms with Crippen molar-refractivity contribution in [2.45, 2.75) is 18.4 Å². The number of hydrogen-bond acceptors (Lipinski definition) is 1. The van der Waals surface area contributed by atoms with Gasteiger partial charge in [0.2, 0.25) is 0 Å². The summed E-state index contributed by atoms with van der Waals surface area (Å²) in [4.78, 5) is 3.43. The van der Waals surface area contributed by atoms with Crippen molar-refractivity contribution >= 4 is 22.7 Å². The number of aromatic nitrogens is 1. The molecule has 2 rings (SSSR count). The van der Waals surface area contributed by atoms with Crippen LogP contribution in [0.5, 0.6) is 0 Å². The Bertz CT molecular complexity index is 417. The summed E-state index contributed by atoms with van der Waals surface area (Å²) in [5.41, 5.74) is 2.70. The second-order valence-electron chi connectivity index (χ2n) is 3.07. The summed E-state index contributed by atoms with van der Waals surface area (Å²) >= 11 is 1.76. The summed E-state index contributed by atoms with van der Waals surface area (Å²) in [7, 11) is 0. The van der Waals surface area contributed by atoms with Crippen molar-refractivity contribution in [2.24, 2.45) is 0 Å². The smallest absolute Gasteiger partial charge is 0.0729 e. The molecule has 68 valence electrons. The minimum atomic E-state index is 1.09. The van der Waals surface area contributed by atoms with E-state index < -0.39 is 0 Å². The van der Waals surface area contributed by atoms with Gasteiger partial charge in [-0.2, -0.15) is 0 Å². The van der Waals surface area contributed by atoms with Crippen molar-refractivity contribution in [3.8, 4) is 0 Å². The van der Waals surface area contributed by atoms with Gasteiger partial charge in [0.15, 0.2) is 0 Å². The third-order valence-corrected chi connectivity index (χ3v) is 2.98. The van der Waals surface area contributed by atoms with Crippen molar-refractivity contribution in [1.82, 2.24) is 4.98 Å². The fourth-order valence-electron chi connectivity index (χ4n) is 1.60. The number of thioether (sulfide) groups is 1. The van der Waals surface area contributed by atoms with Crippen molar-refractivity contribution < 1.29 is 0 Å². The highest BCUT2D eigenvalue weighted by Crippen LogP contribution is 2.24. The van der Waals surface area contributed by atoms with E-state index in [1.807, 2.05) is 0 Å². The normalized spacial score (nSPS) is 10.9. The summed E-state index contributed by atoms with van der Waals surface area (Å²) < 4.78 is 0. The maximum Gasteiger partial charge on any atom is 0.0729 e. The zero-order chi connectivity index (χ0) is 9.26. The molecular weight excluding hydrogens is 178 g/mol. The molecule has 1 heterocycles. The maximum atomic E-state index is 3.43. The van der Waals surface area contributed by atoms with Crippen LogP contribution in [-0.4, -0.2) is 11.2 Å². The van der Waals surface area contributed by atoms with Crippen LogP contribution in [0.2, 0.25) is 0 Å². The van der Waals surface area contributed by atoms with E-state index in [0.29, 0.717) is 0 Å². The molecule has 13 heavy (non-hydrogen) atoms. The zero-order valence-electron chi connectivity index (χ0n) is 7.92. The molecule has 0 radical (unpaired) electrons. The van der Waals surface area contributed by atoms with Gasteiger partial charge in [0.25, 0.3) is 0 Å². The molecule has 0 aliphatic rings. The summed E-state index contributed by atoms with van der Waals surface area (Å²) in [6.07, 6.45) is 3.18. The molecule has 0 fully saturated rings. The largest absolute Gasteiger partial charge is 0.350 e. The first-order valence-corrected chi connectivity index (χ1v) is 5.72. The van der Waals surface area contributed by atoms with Crippen LogP contribution >= 0.6 is 11.8 Å². The highest BCUT2D eigenvalue weighted by atomic mass is 32.2. The predicted molar refractivity (Wildman–Crippen MR) is 59.5 cm³/mol. The zero-order valence-corrected chi connectivity index (χ0v) is 8.74. The van der Waals surface area contributed by atoms with E-state index in [4.69, 9.17) is 0 Å². The van der Waals surface area contributed by atoms with Crippen LogP contribution in [0.25, 0.3) is 10.9 Å². The van der Waals surface area contributed by atoms with Crippen LogP contribution in [0.1, 0.15) is 12.5 Å². The molecule has 0 bridgehead atoms. The van der Waals surface area contributed by atoms with Crippen LogP contribution in [0.3, 0.4) is 0 Å². The number of fused-ring (bicyclic) bond motifs is 1. The number of hydrogen-bond donors (Lipinski definition) is 1. The van der Waals surface area contributed by atoms with Gasteiger partial charge in [-0.25, -0.2) is 0 Å². The third kappa shape index (κ3) is 1.46. The molecule has 1 aromatic heterocycles. The summed E-state index contributed by atoms with van der Waals surface area (Å²) in [5.74, 6) is 0. The van der Waals surface area contributed by atoms with Gasteiger partial charge in [0.1, 0.15) is 0 Å². The standard InChI is InChI=1S/C11H13NS/c1-3-8-5-4-6-9-7-10(13-2)12-11(8)9/h4-7,12H,3H2,1-2H3. The average molecular weight is 191 g/mol. The third-order valence-electron chi connectivity index (χ3n) is 2.32. The summed E-state index contributed by atoms with van der Waals surface area (Å²) in [6.45, 7) is 2.19. The van der Waals surface area contributed by atoms with Gasteiger partial charge in [0, 0.05) is 10.9 Å². The molecule has 0 saturated heterocycles. The fraction of sp³-hybridized carbons (Fsp3) is 0.273. The van der Waals surface area contributed by atoms with Crippen LogP contribution in [-0.2, 0) is 6.42 Å². The molecule has 0 saturated carbocycles. The van der Waals surface area contributed by atoms with E-state index in [0.717, 1.165) is 6.42 Å². The van der Waals surface area contributed by atoms with E-state index in [2.05, 4.69) is 42.4 Å². The minimum Gasteiger partial charge on any atom is -0.350 e. The molecule has 2 aromatic rings. The predicted octanol–water partition coefficient (Wildman–Crippen LogP) is 3.45. The Morgan fingerprint density at radius 1 is 1.38 bits per heavy atom. The van der Waals surface area contributed by atoms with Crippen molar-refractivity contribution in [1.29, 1.82) is 0 Å². The van der Waals surface area contributed by atoms with Crippen LogP contribution in [0.15, 0.2) is 29.3 Å². The molecule has 1 nitrogen and oxygen atoms in total. The number of benzene rings is 1. The Labute approximate surface area is 82.5 Å². The Morgan fingerprint density at radius 3 is 2.92 bits per heavy atom. The van der Waals surface area contributed by atoms with Gasteiger partial charge in [-0.3, -0.25) is 0 Å². The number of rotatable bonds is 2. The molecule has 0 unspecified atom stereocenters. The van der Waals surface area contributed by atoms with E-state index in [-0.39, 0.29) is 0 Å². The van der Waals surface area contributed by atoms with Gasteiger partial charge in [0.05, 0.1) is 5.03 Å². The van der Waals surface area contributed by atoms with Gasteiger partial charge in [-0.15, -0.1) is 11.8 Å². The molecule has 0 spiro atoms. The average Bonchev–Trinajstić information content (AvgIpc) is 2.59. The molecule has 0 aliphatic carbocycles. The van der Waals surface area contributed by atoms with Crippen molar-refractivity contribution in [3.05, 3.63) is 29.8 Å². The van der Waals surface area contributed by atoms with E-state index in [1.165, 1.54) is 21.5 Å². The van der Waals surface area contributed by atoms with E-state index >= 15 is 0 Å². The van der Waals surface area contributed by atoms with Crippen LogP contribution in [0.4, 0.5) is 0 Å². The highest BCUT2D eigenvalue weighted by Gasteiger charge is 2.02. The summed E-state index contributed by atoms with van der Waals surface area (Å²) in [6, 6.07) is 8.67. The maximum absolute atomic E-state index is 3.43. The minimum absolute atomic E-state index is 1.09. The van der Waals surface area contributed by atoms with Gasteiger partial charge >= 0.3 is 0 Å². The molecule has 0 aliphatic heterocycles. The highest BCUT2D eigenvalue weighted by molar-refractivity contribution is 7.98. The second kappa shape index (κ2) is 3.46. The number of aryl methyl sites for hydroxylation is 1. The molecule has 1 N–H and O–H groups in total. The number of para-hydroxylation sites is 1. The lowest BCUT2D eigenvalue weighted by atomic mass is 10.1. The first-order valence-electron chi connectivity index (χ1n) is 4.49. The number of H-pyrrole nitrogens is 1. The number of nitrogens with one attached hydrogen (secondary N) is 1. The van der Waals surface area contributed by atoms with Crippen molar-refractivity contribution in [3.63, 3.8) is 0 Å². The Morgan fingerprint density at radius 2 is 2.23 bits per heavy atom. The lowest BCUT2D eigenvalue weighted by Gasteiger charge is -1.97. The monoisotopic (exact) mass is 191 g/mol. The lowest BCUT2D eigenvalue weighted by Crippen LogP contribution is -1.81. The Hall–Kier alpha value is -0.890. The molecule has 1 aromatic carbocycles. The fourth-order valence-corrected chi connectivity index (χ4v) is 2.05. The van der Waals surface area contributed by atoms with E-state index in [1.54, 1.807) is 11.8 Å². The first-order chi connectivity index (χ1) is 6.35. The lowest BCUT2D eigenvalue weighted by molar-refractivity contribution is 1.13. The first kappa shape index (κ1) is 8.70. The Kier molecular flexibility index (Phi) is 2.32. The SMILES string of the molecule is CCc1cccc2cc(SC)[nH]c12. The van der Waals surface area contributed by atoms with Gasteiger partial charge in [-0.05, 0) is 24.3 Å². The summed E-state index contributed by atoms with van der Waals surface area (Å²) in [5, 5.41) is 2.57. The number of aromatic amines is 1. The topological polar surface area (TPSA) is 15.8 Å². The second-order valence-corrected chi connectivity index (χ2v) is 3.92. The molecule has 0 atom stereocenters. The quantitative estimate of drug-likeness (QED) is 0.719. The van der Waals surface area contributed by atoms with Gasteiger partial charge in [-0.1, -0.05) is 25.1 Å². The van der Waals surface area contributed by atoms with E-state index in [9.17, 15) is 0 Å². The van der Waals surface area contributed by atoms with Gasteiger partial charge < -0.3 is 4.98 Å².